The van der Waals surface area contributed by atoms with Gasteiger partial charge in [-0.15, -0.1) is 6.58 Å². The van der Waals surface area contributed by atoms with Crippen molar-refractivity contribution in [1.82, 2.24) is 4.98 Å². The van der Waals surface area contributed by atoms with E-state index in [0.29, 0.717) is 18.1 Å². The quantitative estimate of drug-likeness (QED) is 0.575. The first kappa shape index (κ1) is 10.7. The van der Waals surface area contributed by atoms with Crippen LogP contribution in [0.3, 0.4) is 0 Å². The van der Waals surface area contributed by atoms with E-state index in [1.54, 1.807) is 6.08 Å². The van der Waals surface area contributed by atoms with Crippen LogP contribution in [0.15, 0.2) is 24.9 Å². The van der Waals surface area contributed by atoms with Gasteiger partial charge in [0, 0.05) is 12.1 Å². The van der Waals surface area contributed by atoms with Crippen molar-refractivity contribution in [3.63, 3.8) is 0 Å². The van der Waals surface area contributed by atoms with Crippen molar-refractivity contribution in [2.45, 2.75) is 13.0 Å². The van der Waals surface area contributed by atoms with Gasteiger partial charge in [-0.25, -0.2) is 9.37 Å². The van der Waals surface area contributed by atoms with Gasteiger partial charge < -0.3 is 10.5 Å². The fourth-order valence-corrected chi connectivity index (χ4v) is 0.984. The molecule has 0 aromatic carbocycles. The summed E-state index contributed by atoms with van der Waals surface area (Å²) in [5, 5.41) is 0. The summed E-state index contributed by atoms with van der Waals surface area (Å²) in [6.45, 7) is 4.26. The Hall–Kier alpha value is -1.42. The summed E-state index contributed by atoms with van der Waals surface area (Å²) in [5.41, 5.74) is 5.99. The SMILES string of the molecule is C=CCCOc1ncc(F)cc1CN. The molecule has 76 valence electrons. The number of nitrogens with two attached hydrogens (primary N) is 1. The van der Waals surface area contributed by atoms with Crippen LogP contribution in [0.2, 0.25) is 0 Å². The van der Waals surface area contributed by atoms with Gasteiger partial charge in [-0.05, 0) is 12.5 Å². The van der Waals surface area contributed by atoms with Gasteiger partial charge in [-0.2, -0.15) is 0 Å². The summed E-state index contributed by atoms with van der Waals surface area (Å²) in [5.74, 6) is -0.00253. The lowest BCUT2D eigenvalue weighted by atomic mass is 10.2. The highest BCUT2D eigenvalue weighted by molar-refractivity contribution is 5.25. The van der Waals surface area contributed by atoms with Crippen LogP contribution >= 0.6 is 0 Å². The second-order valence-corrected chi connectivity index (χ2v) is 2.75. The Kier molecular flexibility index (Phi) is 4.07. The molecule has 14 heavy (non-hydrogen) atoms. The van der Waals surface area contributed by atoms with E-state index in [4.69, 9.17) is 10.5 Å². The smallest absolute Gasteiger partial charge is 0.218 e. The van der Waals surface area contributed by atoms with Crippen LogP contribution in [0.4, 0.5) is 4.39 Å². The molecule has 1 rings (SSSR count). The Bertz CT molecular complexity index is 315. The lowest BCUT2D eigenvalue weighted by molar-refractivity contribution is 0.307. The third-order valence-corrected chi connectivity index (χ3v) is 1.67. The van der Waals surface area contributed by atoms with Crippen LogP contribution in [0.5, 0.6) is 5.88 Å². The molecular formula is C10H13FN2O. The lowest BCUT2D eigenvalue weighted by Crippen LogP contribution is -2.05. The molecule has 2 N–H and O–H groups in total. The van der Waals surface area contributed by atoms with Gasteiger partial charge >= 0.3 is 0 Å². The van der Waals surface area contributed by atoms with Crippen molar-refractivity contribution in [3.8, 4) is 5.88 Å². The van der Waals surface area contributed by atoms with Crippen molar-refractivity contribution in [2.75, 3.05) is 6.61 Å². The minimum Gasteiger partial charge on any atom is -0.477 e. The normalized spacial score (nSPS) is 9.86. The molecular weight excluding hydrogens is 183 g/mol. The van der Waals surface area contributed by atoms with Gasteiger partial charge in [0.05, 0.1) is 12.8 Å². The summed E-state index contributed by atoms with van der Waals surface area (Å²) in [6, 6.07) is 1.33. The van der Waals surface area contributed by atoms with Gasteiger partial charge in [-0.1, -0.05) is 6.08 Å². The molecule has 1 heterocycles. The molecule has 0 unspecified atom stereocenters. The van der Waals surface area contributed by atoms with Gasteiger partial charge in [0.25, 0.3) is 0 Å². The molecule has 1 aromatic rings. The van der Waals surface area contributed by atoms with Crippen LogP contribution in [0.25, 0.3) is 0 Å². The minimum absolute atomic E-state index is 0.216. The van der Waals surface area contributed by atoms with E-state index in [9.17, 15) is 4.39 Å². The lowest BCUT2D eigenvalue weighted by Gasteiger charge is -2.07. The number of aromatic nitrogens is 1. The van der Waals surface area contributed by atoms with Crippen LogP contribution in [0.1, 0.15) is 12.0 Å². The van der Waals surface area contributed by atoms with Gasteiger partial charge in [0.2, 0.25) is 5.88 Å². The van der Waals surface area contributed by atoms with Crippen molar-refractivity contribution in [3.05, 3.63) is 36.3 Å². The Morgan fingerprint density at radius 3 is 3.07 bits per heavy atom. The van der Waals surface area contributed by atoms with Gasteiger partial charge in [0.1, 0.15) is 5.82 Å². The topological polar surface area (TPSA) is 48.1 Å². The van der Waals surface area contributed by atoms with Crippen LogP contribution in [-0.2, 0) is 6.54 Å². The van der Waals surface area contributed by atoms with E-state index >= 15 is 0 Å². The zero-order valence-electron chi connectivity index (χ0n) is 7.87. The largest absolute Gasteiger partial charge is 0.477 e. The number of rotatable bonds is 5. The molecule has 0 spiro atoms. The Balaban J connectivity index is 2.69. The molecule has 0 atom stereocenters. The van der Waals surface area contributed by atoms with Crippen molar-refractivity contribution < 1.29 is 9.13 Å². The highest BCUT2D eigenvalue weighted by Crippen LogP contribution is 2.15. The van der Waals surface area contributed by atoms with Crippen molar-refractivity contribution in [2.24, 2.45) is 5.73 Å². The van der Waals surface area contributed by atoms with Gasteiger partial charge in [-0.3, -0.25) is 0 Å². The summed E-state index contributed by atoms with van der Waals surface area (Å²) in [6.07, 6.45) is 3.58. The van der Waals surface area contributed by atoms with E-state index in [2.05, 4.69) is 11.6 Å². The van der Waals surface area contributed by atoms with E-state index in [0.717, 1.165) is 12.6 Å². The molecule has 3 nitrogen and oxygen atoms in total. The number of hydrogen-bond acceptors (Lipinski definition) is 3. The molecule has 0 aliphatic heterocycles. The second kappa shape index (κ2) is 5.34. The summed E-state index contributed by atoms with van der Waals surface area (Å²) in [7, 11) is 0. The zero-order valence-corrected chi connectivity index (χ0v) is 7.87. The highest BCUT2D eigenvalue weighted by Gasteiger charge is 2.04. The number of pyridine rings is 1. The standard InChI is InChI=1S/C10H13FN2O/c1-2-3-4-14-10-8(6-12)5-9(11)7-13-10/h2,5,7H,1,3-4,6,12H2. The number of nitrogens with zero attached hydrogens (tertiary/aromatic N) is 1. The number of halogens is 1. The fraction of sp³-hybridized carbons (Fsp3) is 0.300. The Labute approximate surface area is 82.4 Å². The van der Waals surface area contributed by atoms with E-state index < -0.39 is 5.82 Å². The van der Waals surface area contributed by atoms with Gasteiger partial charge in [0.15, 0.2) is 0 Å². The van der Waals surface area contributed by atoms with Crippen LogP contribution in [0, 0.1) is 5.82 Å². The Morgan fingerprint density at radius 2 is 2.43 bits per heavy atom. The number of hydrogen-bond donors (Lipinski definition) is 1. The zero-order chi connectivity index (χ0) is 10.4. The maximum absolute atomic E-state index is 12.7. The average Bonchev–Trinajstić information content (AvgIpc) is 2.20. The third-order valence-electron chi connectivity index (χ3n) is 1.67. The molecule has 0 bridgehead atoms. The molecule has 1 aromatic heterocycles. The van der Waals surface area contributed by atoms with Crippen molar-refractivity contribution >= 4 is 0 Å². The monoisotopic (exact) mass is 196 g/mol. The molecule has 0 amide bonds. The Morgan fingerprint density at radius 1 is 1.64 bits per heavy atom. The second-order valence-electron chi connectivity index (χ2n) is 2.75. The van der Waals surface area contributed by atoms with Crippen molar-refractivity contribution in [1.29, 1.82) is 0 Å². The predicted molar refractivity (Wildman–Crippen MR) is 52.4 cm³/mol. The average molecular weight is 196 g/mol. The first-order valence-electron chi connectivity index (χ1n) is 4.36. The van der Waals surface area contributed by atoms with E-state index in [1.165, 1.54) is 6.07 Å². The molecule has 0 fully saturated rings. The highest BCUT2D eigenvalue weighted by atomic mass is 19.1. The maximum Gasteiger partial charge on any atom is 0.218 e. The minimum atomic E-state index is -0.401. The molecule has 4 heteroatoms. The molecule has 0 aliphatic carbocycles. The first-order valence-corrected chi connectivity index (χ1v) is 4.36. The molecule has 0 saturated heterocycles. The summed E-state index contributed by atoms with van der Waals surface area (Å²) >= 11 is 0. The molecule has 0 radical (unpaired) electrons. The van der Waals surface area contributed by atoms with Crippen LogP contribution in [-0.4, -0.2) is 11.6 Å². The summed E-state index contributed by atoms with van der Waals surface area (Å²) < 4.78 is 18.0. The molecule has 0 aliphatic rings. The van der Waals surface area contributed by atoms with E-state index in [1.807, 2.05) is 0 Å². The first-order chi connectivity index (χ1) is 6.77. The third kappa shape index (κ3) is 2.81. The molecule has 0 saturated carbocycles. The predicted octanol–water partition coefficient (Wildman–Crippen LogP) is 1.63. The van der Waals surface area contributed by atoms with Crippen LogP contribution < -0.4 is 10.5 Å². The maximum atomic E-state index is 12.7. The summed E-state index contributed by atoms with van der Waals surface area (Å²) in [4.78, 5) is 3.81. The van der Waals surface area contributed by atoms with E-state index in [-0.39, 0.29) is 6.54 Å². The fourth-order valence-electron chi connectivity index (χ4n) is 0.984. The number of ether oxygens (including phenoxy) is 1.